The van der Waals surface area contributed by atoms with E-state index < -0.39 is 0 Å². The minimum atomic E-state index is 0.961. The minimum Gasteiger partial charge on any atom is -0.327 e. The predicted octanol–water partition coefficient (Wildman–Crippen LogP) is 9.13. The van der Waals surface area contributed by atoms with Gasteiger partial charge in [0.25, 0.3) is 0 Å². The Morgan fingerprint density at radius 3 is 2.27 bits per heavy atom. The van der Waals surface area contributed by atoms with Crippen LogP contribution in [0.4, 0.5) is 0 Å². The van der Waals surface area contributed by atoms with Gasteiger partial charge in [-0.25, -0.2) is 4.98 Å². The van der Waals surface area contributed by atoms with Crippen molar-refractivity contribution in [2.75, 3.05) is 0 Å². The Bertz CT molecular complexity index is 2170. The Labute approximate surface area is 235 Å². The monoisotopic (exact) mass is 532 g/mol. The molecular formula is C35H24N4S. The van der Waals surface area contributed by atoms with Crippen molar-refractivity contribution in [3.8, 4) is 38.8 Å². The van der Waals surface area contributed by atoms with Gasteiger partial charge >= 0.3 is 0 Å². The van der Waals surface area contributed by atoms with E-state index in [0.717, 1.165) is 50.4 Å². The first-order chi connectivity index (χ1) is 19.7. The smallest absolute Gasteiger partial charge is 0.140 e. The molecule has 0 unspecified atom stereocenters. The van der Waals surface area contributed by atoms with Crippen molar-refractivity contribution in [2.45, 2.75) is 0 Å². The molecule has 0 bridgehead atoms. The second-order valence-electron chi connectivity index (χ2n) is 10.0. The molecule has 0 spiro atoms. The van der Waals surface area contributed by atoms with Crippen molar-refractivity contribution in [3.05, 3.63) is 127 Å². The fourth-order valence-corrected chi connectivity index (χ4v) is 6.47. The fraction of sp³-hybridized carbons (Fsp3) is 0.0286. The maximum Gasteiger partial charge on any atom is 0.140 e. The van der Waals surface area contributed by atoms with Gasteiger partial charge in [0, 0.05) is 51.3 Å². The summed E-state index contributed by atoms with van der Waals surface area (Å²) in [5, 5.41) is 4.56. The highest BCUT2D eigenvalue weighted by Crippen LogP contribution is 2.36. The van der Waals surface area contributed by atoms with Gasteiger partial charge in [-0.1, -0.05) is 60.7 Å². The van der Waals surface area contributed by atoms with Crippen LogP contribution < -0.4 is 0 Å². The molecule has 0 aliphatic carbocycles. The van der Waals surface area contributed by atoms with E-state index in [4.69, 9.17) is 9.97 Å². The minimum absolute atomic E-state index is 0.961. The molecule has 4 nitrogen and oxygen atoms in total. The topological polar surface area (TPSA) is 35.6 Å². The first kappa shape index (κ1) is 22.9. The number of pyridine rings is 1. The van der Waals surface area contributed by atoms with Crippen LogP contribution in [-0.2, 0) is 7.05 Å². The van der Waals surface area contributed by atoms with Crippen LogP contribution in [0.1, 0.15) is 0 Å². The standard InChI is InChI=1S/C35H24N4S/c1-38-32-13-5-3-11-30(32)37-35(38)24-15-17-28-27-10-2-4-12-31(27)39(33(28)21-24)26-9-6-8-23(20-26)29-18-16-25(22-36-29)34-14-7-19-40-34/h2-22H,1H3. The van der Waals surface area contributed by atoms with Crippen molar-refractivity contribution < 1.29 is 0 Å². The van der Waals surface area contributed by atoms with Gasteiger partial charge in [0.1, 0.15) is 5.82 Å². The SMILES string of the molecule is Cn1c(-c2ccc3c4ccccc4n(-c4cccc(-c5ccc(-c6cccs6)cn5)c4)c3c2)nc2ccccc21. The van der Waals surface area contributed by atoms with Gasteiger partial charge in [-0.15, -0.1) is 11.3 Å². The van der Waals surface area contributed by atoms with E-state index in [-0.39, 0.29) is 0 Å². The second kappa shape index (κ2) is 9.04. The Balaban J connectivity index is 1.30. The average Bonchev–Trinajstić information content (AvgIpc) is 3.74. The molecule has 0 atom stereocenters. The number of hydrogen-bond donors (Lipinski definition) is 0. The summed E-state index contributed by atoms with van der Waals surface area (Å²) < 4.78 is 4.54. The summed E-state index contributed by atoms with van der Waals surface area (Å²) in [4.78, 5) is 11.0. The van der Waals surface area contributed by atoms with Crippen LogP contribution in [0.25, 0.3) is 71.6 Å². The number of aromatic nitrogens is 4. The molecule has 8 rings (SSSR count). The first-order valence-corrected chi connectivity index (χ1v) is 14.2. The van der Waals surface area contributed by atoms with E-state index in [0.29, 0.717) is 0 Å². The number of thiophene rings is 1. The number of rotatable bonds is 4. The van der Waals surface area contributed by atoms with Gasteiger partial charge in [-0.2, -0.15) is 0 Å². The number of hydrogen-bond acceptors (Lipinski definition) is 3. The number of nitrogens with zero attached hydrogens (tertiary/aromatic N) is 4. The summed E-state index contributed by atoms with van der Waals surface area (Å²) in [6.07, 6.45) is 1.97. The average molecular weight is 533 g/mol. The molecule has 4 aromatic carbocycles. The van der Waals surface area contributed by atoms with Crippen molar-refractivity contribution >= 4 is 44.2 Å². The second-order valence-corrected chi connectivity index (χ2v) is 11.0. The zero-order chi connectivity index (χ0) is 26.6. The molecule has 0 radical (unpaired) electrons. The molecule has 0 amide bonds. The highest BCUT2D eigenvalue weighted by molar-refractivity contribution is 7.13. The Hall–Kier alpha value is -5.00. The molecule has 0 aliphatic heterocycles. The summed E-state index contributed by atoms with van der Waals surface area (Å²) in [6, 6.07) is 40.8. The Morgan fingerprint density at radius 1 is 0.625 bits per heavy atom. The lowest BCUT2D eigenvalue weighted by molar-refractivity contribution is 0.959. The maximum absolute atomic E-state index is 4.97. The molecule has 4 heterocycles. The Kier molecular flexibility index (Phi) is 5.18. The molecule has 40 heavy (non-hydrogen) atoms. The number of aryl methyl sites for hydroxylation is 1. The Morgan fingerprint density at radius 2 is 1.45 bits per heavy atom. The van der Waals surface area contributed by atoms with E-state index in [9.17, 15) is 0 Å². The number of para-hydroxylation sites is 3. The highest BCUT2D eigenvalue weighted by Gasteiger charge is 2.16. The lowest BCUT2D eigenvalue weighted by atomic mass is 10.1. The van der Waals surface area contributed by atoms with E-state index in [2.05, 4.69) is 131 Å². The summed E-state index contributed by atoms with van der Waals surface area (Å²) in [6.45, 7) is 0. The zero-order valence-electron chi connectivity index (χ0n) is 21.8. The van der Waals surface area contributed by atoms with Gasteiger partial charge < -0.3 is 9.13 Å². The number of benzene rings is 4. The lowest BCUT2D eigenvalue weighted by Gasteiger charge is -2.11. The molecular weight excluding hydrogens is 508 g/mol. The van der Waals surface area contributed by atoms with Crippen LogP contribution in [-0.4, -0.2) is 19.1 Å². The largest absolute Gasteiger partial charge is 0.327 e. The van der Waals surface area contributed by atoms with Gasteiger partial charge in [-0.3, -0.25) is 4.98 Å². The summed E-state index contributed by atoms with van der Waals surface area (Å²) in [7, 11) is 2.09. The van der Waals surface area contributed by atoms with E-state index in [1.54, 1.807) is 11.3 Å². The molecule has 0 saturated carbocycles. The van der Waals surface area contributed by atoms with Crippen molar-refractivity contribution in [1.29, 1.82) is 0 Å². The van der Waals surface area contributed by atoms with Gasteiger partial charge in [0.2, 0.25) is 0 Å². The molecule has 8 aromatic rings. The molecule has 0 fully saturated rings. The third-order valence-corrected chi connectivity index (χ3v) is 8.61. The molecule has 0 N–H and O–H groups in total. The van der Waals surface area contributed by atoms with E-state index >= 15 is 0 Å². The molecule has 190 valence electrons. The van der Waals surface area contributed by atoms with Crippen molar-refractivity contribution in [2.24, 2.45) is 7.05 Å². The summed E-state index contributed by atoms with van der Waals surface area (Å²) >= 11 is 1.73. The van der Waals surface area contributed by atoms with Crippen molar-refractivity contribution in [3.63, 3.8) is 0 Å². The van der Waals surface area contributed by atoms with Gasteiger partial charge in [0.05, 0.1) is 27.8 Å². The van der Waals surface area contributed by atoms with Crippen LogP contribution in [0.2, 0.25) is 0 Å². The predicted molar refractivity (Wildman–Crippen MR) is 167 cm³/mol. The molecule has 5 heteroatoms. The third kappa shape index (κ3) is 3.59. The van der Waals surface area contributed by atoms with E-state index in [1.807, 2.05) is 12.3 Å². The molecule has 0 aliphatic rings. The van der Waals surface area contributed by atoms with Crippen molar-refractivity contribution in [1.82, 2.24) is 19.1 Å². The van der Waals surface area contributed by atoms with Crippen LogP contribution in [0.5, 0.6) is 0 Å². The summed E-state index contributed by atoms with van der Waals surface area (Å²) in [5.74, 6) is 0.962. The third-order valence-electron chi connectivity index (χ3n) is 7.69. The zero-order valence-corrected chi connectivity index (χ0v) is 22.6. The van der Waals surface area contributed by atoms with Gasteiger partial charge in [-0.05, 0) is 60.0 Å². The van der Waals surface area contributed by atoms with E-state index in [1.165, 1.54) is 21.2 Å². The molecule has 0 saturated heterocycles. The maximum atomic E-state index is 4.97. The van der Waals surface area contributed by atoms with Gasteiger partial charge in [0.15, 0.2) is 0 Å². The molecule has 4 aromatic heterocycles. The van der Waals surface area contributed by atoms with Crippen LogP contribution in [0.3, 0.4) is 0 Å². The normalized spacial score (nSPS) is 11.6. The first-order valence-electron chi connectivity index (χ1n) is 13.3. The quantitative estimate of drug-likeness (QED) is 0.227. The lowest BCUT2D eigenvalue weighted by Crippen LogP contribution is -1.96. The van der Waals surface area contributed by atoms with Crippen LogP contribution in [0.15, 0.2) is 127 Å². The highest BCUT2D eigenvalue weighted by atomic mass is 32.1. The number of fused-ring (bicyclic) bond motifs is 4. The summed E-state index contributed by atoms with van der Waals surface area (Å²) in [5.41, 5.74) is 9.87. The van der Waals surface area contributed by atoms with Crippen LogP contribution >= 0.6 is 11.3 Å². The van der Waals surface area contributed by atoms with Crippen LogP contribution in [0, 0.1) is 0 Å². The number of imidazole rings is 1. The fourth-order valence-electron chi connectivity index (χ4n) is 5.75.